The molecule has 5 amide bonds. The molecule has 0 aromatic heterocycles. The molecule has 2 unspecified atom stereocenters. The minimum absolute atomic E-state index is 0.00626. The summed E-state index contributed by atoms with van der Waals surface area (Å²) in [4.78, 5) is 95.8. The Balaban J connectivity index is 1.58. The smallest absolute Gasteiger partial charge is 0.289 e. The first kappa shape index (κ1) is 38.5. The molecular formula is C37H59N5O7. The number of amides is 5. The van der Waals surface area contributed by atoms with Crippen molar-refractivity contribution in [1.29, 1.82) is 0 Å². The summed E-state index contributed by atoms with van der Waals surface area (Å²) in [7, 11) is 0. The van der Waals surface area contributed by atoms with Crippen LogP contribution in [0.15, 0.2) is 0 Å². The number of hydrogen-bond donors (Lipinski definition) is 4. The number of nitrogens with zero attached hydrogens (tertiary/aromatic N) is 1. The van der Waals surface area contributed by atoms with Gasteiger partial charge in [-0.3, -0.25) is 33.6 Å². The summed E-state index contributed by atoms with van der Waals surface area (Å²) in [5.41, 5.74) is -0.767. The van der Waals surface area contributed by atoms with Gasteiger partial charge in [0.05, 0.1) is 6.04 Å². The van der Waals surface area contributed by atoms with Gasteiger partial charge in [0.15, 0.2) is 0 Å². The Hall–Kier alpha value is -3.31. The minimum atomic E-state index is -1.03. The molecule has 0 spiro atoms. The van der Waals surface area contributed by atoms with Crippen molar-refractivity contribution in [2.45, 2.75) is 168 Å². The Morgan fingerprint density at radius 1 is 0.755 bits per heavy atom. The van der Waals surface area contributed by atoms with E-state index >= 15 is 0 Å². The summed E-state index contributed by atoms with van der Waals surface area (Å²) in [5.74, 6) is -4.74. The van der Waals surface area contributed by atoms with E-state index in [1.807, 2.05) is 27.7 Å². The zero-order valence-electron chi connectivity index (χ0n) is 30.4. The molecular weight excluding hydrogens is 626 g/mol. The van der Waals surface area contributed by atoms with Gasteiger partial charge in [0.1, 0.15) is 18.1 Å². The molecule has 3 saturated carbocycles. The number of likely N-dealkylation sites (tertiary alicyclic amines) is 1. The third kappa shape index (κ3) is 9.69. The molecule has 274 valence electrons. The van der Waals surface area contributed by atoms with Crippen LogP contribution in [-0.4, -0.2) is 82.3 Å². The number of carbonyl (C=O) groups excluding carboxylic acids is 7. The fraction of sp³-hybridized carbons (Fsp3) is 0.811. The molecule has 6 atom stereocenters. The molecule has 12 nitrogen and oxygen atoms in total. The highest BCUT2D eigenvalue weighted by Crippen LogP contribution is 2.41. The molecule has 0 bridgehead atoms. The third-order valence-corrected chi connectivity index (χ3v) is 10.8. The average Bonchev–Trinajstić information content (AvgIpc) is 3.79. The molecule has 12 heteroatoms. The lowest BCUT2D eigenvalue weighted by Crippen LogP contribution is -2.63. The zero-order valence-corrected chi connectivity index (χ0v) is 30.4. The summed E-state index contributed by atoms with van der Waals surface area (Å²) in [6.45, 7) is 10.7. The van der Waals surface area contributed by atoms with Crippen LogP contribution in [0.25, 0.3) is 0 Å². The minimum Gasteiger partial charge on any atom is -0.347 e. The molecule has 4 N–H and O–H groups in total. The molecule has 4 fully saturated rings. The topological polar surface area (TPSA) is 171 Å². The van der Waals surface area contributed by atoms with Crippen molar-refractivity contribution in [2.75, 3.05) is 0 Å². The standard InChI is InChI=1S/C37H59N5O7/c1-7-13-25(30(44)35(48)38-24-18-19-24)39-32(45)27-20-23-16-11-12-17-26(23)42(27)36(49)31(37(4,5)6)41-33(46)28(22-14-9-8-10-15-22)40-34(47)29(43)21(2)3/h21-28,31H,7-20H2,1-6H3,(H,38,48)(H,39,45)(H,40,47)(H,41,46)/t23?,25-,26?,27-,28-,31+/m0/s1. The Morgan fingerprint density at radius 3 is 1.98 bits per heavy atom. The molecule has 3 aliphatic carbocycles. The SMILES string of the molecule is CCC[C@H](NC(=O)[C@@H]1CC2CCCCC2N1C(=O)[C@@H](NC(=O)[C@@H](NC(=O)C(=O)C(C)C)C1CCCCC1)C(C)(C)C)C(=O)C(=O)NC1CC1. The molecule has 1 heterocycles. The highest BCUT2D eigenvalue weighted by molar-refractivity contribution is 6.38. The van der Waals surface area contributed by atoms with Crippen LogP contribution in [0.4, 0.5) is 0 Å². The van der Waals surface area contributed by atoms with Crippen molar-refractivity contribution in [3.05, 3.63) is 0 Å². The Bertz CT molecular complexity index is 1270. The van der Waals surface area contributed by atoms with Crippen LogP contribution in [0.5, 0.6) is 0 Å². The number of rotatable bonds is 14. The first-order valence-corrected chi connectivity index (χ1v) is 18.8. The fourth-order valence-electron chi connectivity index (χ4n) is 7.85. The number of hydrogen-bond acceptors (Lipinski definition) is 7. The second kappa shape index (κ2) is 16.6. The maximum absolute atomic E-state index is 14.8. The maximum atomic E-state index is 14.8. The van der Waals surface area contributed by atoms with E-state index in [9.17, 15) is 33.6 Å². The Morgan fingerprint density at radius 2 is 1.39 bits per heavy atom. The van der Waals surface area contributed by atoms with Gasteiger partial charge in [0.25, 0.3) is 11.8 Å². The van der Waals surface area contributed by atoms with Gasteiger partial charge >= 0.3 is 0 Å². The number of fused-ring (bicyclic) bond motifs is 1. The van der Waals surface area contributed by atoms with Crippen LogP contribution in [0.2, 0.25) is 0 Å². The van der Waals surface area contributed by atoms with Gasteiger partial charge in [-0.05, 0) is 68.6 Å². The van der Waals surface area contributed by atoms with Crippen molar-refractivity contribution >= 4 is 41.1 Å². The summed E-state index contributed by atoms with van der Waals surface area (Å²) in [6.07, 6.45) is 10.7. The van der Waals surface area contributed by atoms with Crippen LogP contribution < -0.4 is 21.3 Å². The van der Waals surface area contributed by atoms with Crippen LogP contribution >= 0.6 is 0 Å². The van der Waals surface area contributed by atoms with E-state index in [0.29, 0.717) is 19.3 Å². The number of carbonyl (C=O) groups is 7. The first-order chi connectivity index (χ1) is 23.1. The first-order valence-electron chi connectivity index (χ1n) is 18.8. The second-order valence-corrected chi connectivity index (χ2v) is 16.2. The Labute approximate surface area is 291 Å². The third-order valence-electron chi connectivity index (χ3n) is 10.8. The number of Topliss-reactive ketones (excluding diaryl/α,β-unsaturated/α-hetero) is 2. The summed E-state index contributed by atoms with van der Waals surface area (Å²) in [6, 6.07) is -4.06. The predicted molar refractivity (Wildman–Crippen MR) is 184 cm³/mol. The number of nitrogens with one attached hydrogen (secondary N) is 4. The Kier molecular flexibility index (Phi) is 13.0. The van der Waals surface area contributed by atoms with E-state index in [4.69, 9.17) is 0 Å². The van der Waals surface area contributed by atoms with Crippen LogP contribution in [-0.2, 0) is 33.6 Å². The molecule has 49 heavy (non-hydrogen) atoms. The van der Waals surface area contributed by atoms with Gasteiger partial charge in [-0.25, -0.2) is 0 Å². The van der Waals surface area contributed by atoms with Gasteiger partial charge in [-0.15, -0.1) is 0 Å². The van der Waals surface area contributed by atoms with Gasteiger partial charge < -0.3 is 26.2 Å². The van der Waals surface area contributed by atoms with E-state index in [1.165, 1.54) is 0 Å². The maximum Gasteiger partial charge on any atom is 0.289 e. The van der Waals surface area contributed by atoms with E-state index in [1.54, 1.807) is 18.7 Å². The fourth-order valence-corrected chi connectivity index (χ4v) is 7.85. The lowest BCUT2D eigenvalue weighted by molar-refractivity contribution is -0.148. The number of ketones is 2. The highest BCUT2D eigenvalue weighted by Gasteiger charge is 2.51. The van der Waals surface area contributed by atoms with E-state index in [2.05, 4.69) is 21.3 Å². The molecule has 1 saturated heterocycles. The van der Waals surface area contributed by atoms with Crippen LogP contribution in [0.3, 0.4) is 0 Å². The summed E-state index contributed by atoms with van der Waals surface area (Å²) >= 11 is 0. The van der Waals surface area contributed by atoms with Gasteiger partial charge in [0.2, 0.25) is 29.3 Å². The van der Waals surface area contributed by atoms with E-state index < -0.39 is 70.7 Å². The highest BCUT2D eigenvalue weighted by atomic mass is 16.2. The second-order valence-electron chi connectivity index (χ2n) is 16.2. The van der Waals surface area contributed by atoms with Crippen molar-refractivity contribution in [3.8, 4) is 0 Å². The van der Waals surface area contributed by atoms with Crippen LogP contribution in [0.1, 0.15) is 131 Å². The van der Waals surface area contributed by atoms with E-state index in [0.717, 1.165) is 70.6 Å². The molecule has 1 aliphatic heterocycles. The van der Waals surface area contributed by atoms with Crippen molar-refractivity contribution in [1.82, 2.24) is 26.2 Å². The average molecular weight is 686 g/mol. The largest absolute Gasteiger partial charge is 0.347 e. The summed E-state index contributed by atoms with van der Waals surface area (Å²) in [5, 5.41) is 11.3. The quantitative estimate of drug-likeness (QED) is 0.204. The van der Waals surface area contributed by atoms with Crippen LogP contribution in [0, 0.1) is 23.2 Å². The predicted octanol–water partition coefficient (Wildman–Crippen LogP) is 3.10. The monoisotopic (exact) mass is 685 g/mol. The molecule has 4 rings (SSSR count). The molecule has 0 aromatic rings. The zero-order chi connectivity index (χ0) is 36.0. The van der Waals surface area contributed by atoms with Crippen molar-refractivity contribution in [3.63, 3.8) is 0 Å². The molecule has 4 aliphatic rings. The van der Waals surface area contributed by atoms with E-state index in [-0.39, 0.29) is 29.8 Å². The normalized spacial score (nSPS) is 24.6. The lowest BCUT2D eigenvalue weighted by Gasteiger charge is -2.40. The van der Waals surface area contributed by atoms with Gasteiger partial charge in [-0.1, -0.05) is 80.1 Å². The van der Waals surface area contributed by atoms with Gasteiger partial charge in [0, 0.05) is 18.0 Å². The molecule has 0 aromatic carbocycles. The van der Waals surface area contributed by atoms with Gasteiger partial charge in [-0.2, -0.15) is 0 Å². The summed E-state index contributed by atoms with van der Waals surface area (Å²) < 4.78 is 0. The van der Waals surface area contributed by atoms with Crippen molar-refractivity contribution in [2.24, 2.45) is 23.2 Å². The van der Waals surface area contributed by atoms with Crippen molar-refractivity contribution < 1.29 is 33.6 Å². The lowest BCUT2D eigenvalue weighted by atomic mass is 9.81. The molecule has 0 radical (unpaired) electrons.